The summed E-state index contributed by atoms with van der Waals surface area (Å²) in [5, 5.41) is 73.3. The zero-order valence-electron chi connectivity index (χ0n) is 63.4. The number of benzene rings is 8. The summed E-state index contributed by atoms with van der Waals surface area (Å²) in [6.45, 7) is 68.1. The van der Waals surface area contributed by atoms with Crippen LogP contribution < -0.4 is 4.74 Å². The summed E-state index contributed by atoms with van der Waals surface area (Å²) in [6.07, 6.45) is 2.08. The lowest BCUT2D eigenvalue weighted by Gasteiger charge is -2.22. The smallest absolute Gasteiger partial charge is 0.126 e. The van der Waals surface area contributed by atoms with Gasteiger partial charge in [-0.2, -0.15) is 0 Å². The molecular weight excluding hydrogens is 1150 g/mol. The first-order valence-electron chi connectivity index (χ1n) is 33.0. The number of rotatable bonds is 9. The summed E-state index contributed by atoms with van der Waals surface area (Å²) < 4.78 is 6.22. The molecule has 7 N–H and O–H groups in total. The summed E-state index contributed by atoms with van der Waals surface area (Å²) in [5.41, 5.74) is 44.2. The van der Waals surface area contributed by atoms with Gasteiger partial charge in [0.15, 0.2) is 0 Å². The van der Waals surface area contributed by atoms with Gasteiger partial charge in [0.05, 0.1) is 0 Å². The van der Waals surface area contributed by atoms with Crippen LogP contribution in [-0.4, -0.2) is 35.7 Å². The molecule has 0 aliphatic carbocycles. The molecule has 8 rings (SSSR count). The molecule has 0 aliphatic rings. The van der Waals surface area contributed by atoms with Crippen LogP contribution in [0.15, 0.2) is 0 Å². The summed E-state index contributed by atoms with van der Waals surface area (Å²) in [7, 11) is 0. The number of phenolic OH excluding ortho intramolecular Hbond substituents is 7. The number of phenols is 7. The number of aromatic hydroxyl groups is 7. The van der Waals surface area contributed by atoms with Crippen molar-refractivity contribution in [3.05, 3.63) is 223 Å². The van der Waals surface area contributed by atoms with Crippen molar-refractivity contribution in [1.29, 1.82) is 0 Å². The Morgan fingerprint density at radius 2 is 0.290 bits per heavy atom. The van der Waals surface area contributed by atoms with Crippen LogP contribution in [0.5, 0.6) is 46.0 Å². The quantitative estimate of drug-likeness (QED) is 0.0755. The Kier molecular flexibility index (Phi) is 23.8. The highest BCUT2D eigenvalue weighted by atomic mass is 16.5. The average Bonchev–Trinajstić information content (AvgIpc) is 0.978. The molecule has 0 unspecified atom stereocenters. The van der Waals surface area contributed by atoms with Crippen LogP contribution in [0, 0.1) is 228 Å². The summed E-state index contributed by atoms with van der Waals surface area (Å²) >= 11 is 0. The maximum absolute atomic E-state index is 10.7. The topological polar surface area (TPSA) is 151 Å². The minimum absolute atomic E-state index is 0.361. The molecular formula is C85H114O8. The third-order valence-electron chi connectivity index (χ3n) is 23.7. The van der Waals surface area contributed by atoms with Gasteiger partial charge in [-0.3, -0.25) is 0 Å². The largest absolute Gasteiger partial charge is 0.507 e. The average molecular weight is 1260 g/mol. The van der Waals surface area contributed by atoms with Gasteiger partial charge in [0.1, 0.15) is 52.6 Å². The predicted molar refractivity (Wildman–Crippen MR) is 392 cm³/mol. The van der Waals surface area contributed by atoms with E-state index < -0.39 is 0 Å². The van der Waals surface area contributed by atoms with Crippen LogP contribution in [0.4, 0.5) is 0 Å². The van der Waals surface area contributed by atoms with Crippen molar-refractivity contribution in [3.63, 3.8) is 0 Å². The van der Waals surface area contributed by atoms with E-state index in [4.69, 9.17) is 4.74 Å². The second-order valence-electron chi connectivity index (χ2n) is 27.6. The van der Waals surface area contributed by atoms with Crippen molar-refractivity contribution < 1.29 is 40.5 Å². The Morgan fingerprint density at radius 3 is 0.527 bits per heavy atom. The van der Waals surface area contributed by atoms with Gasteiger partial charge in [0.25, 0.3) is 0 Å². The SMILES string of the molecule is Cc1c(C)c(C)c(Cc2c(C)c(C)c(C)c(C)c2O)c(O)c1C.Cc1c(C)c(C)c(Cc2c(C)c(C)c(O)c(C)c2C)c(O)c1C.Cc1c(C)c(C)c(OCc2c(C)c(C)c(C)c(C)c2O)c(C)c1C.Cc1c(C)c(Cc2c(C)c(C)c(O)c(C)c2C)c(C)c(C)c1O. The van der Waals surface area contributed by atoms with Crippen LogP contribution in [0.2, 0.25) is 0 Å². The zero-order valence-corrected chi connectivity index (χ0v) is 63.4. The molecule has 0 amide bonds. The highest BCUT2D eigenvalue weighted by Crippen LogP contribution is 2.43. The van der Waals surface area contributed by atoms with Gasteiger partial charge in [-0.15, -0.1) is 0 Å². The molecule has 502 valence electrons. The number of hydrogen-bond acceptors (Lipinski definition) is 8. The Hall–Kier alpha value is -7.84. The maximum atomic E-state index is 10.7. The van der Waals surface area contributed by atoms with E-state index in [-0.39, 0.29) is 0 Å². The third-order valence-corrected chi connectivity index (χ3v) is 23.7. The van der Waals surface area contributed by atoms with E-state index in [0.29, 0.717) is 59.7 Å². The Balaban J connectivity index is 0.000000225. The lowest BCUT2D eigenvalue weighted by molar-refractivity contribution is 0.293. The van der Waals surface area contributed by atoms with Crippen LogP contribution >= 0.6 is 0 Å². The van der Waals surface area contributed by atoms with E-state index >= 15 is 0 Å². The number of hydrogen-bond donors (Lipinski definition) is 7. The Labute approximate surface area is 560 Å². The van der Waals surface area contributed by atoms with Crippen molar-refractivity contribution in [3.8, 4) is 46.0 Å². The second kappa shape index (κ2) is 29.2. The fourth-order valence-electron chi connectivity index (χ4n) is 13.6. The van der Waals surface area contributed by atoms with E-state index in [1.807, 2.05) is 83.1 Å². The van der Waals surface area contributed by atoms with Crippen molar-refractivity contribution >= 4 is 0 Å². The van der Waals surface area contributed by atoms with Gasteiger partial charge < -0.3 is 40.5 Å². The molecule has 0 saturated heterocycles. The molecule has 8 aromatic carbocycles. The Morgan fingerprint density at radius 1 is 0.151 bits per heavy atom. The van der Waals surface area contributed by atoms with Gasteiger partial charge >= 0.3 is 0 Å². The molecule has 0 aromatic heterocycles. The van der Waals surface area contributed by atoms with Crippen molar-refractivity contribution in [2.24, 2.45) is 0 Å². The molecule has 0 spiro atoms. The fourth-order valence-corrected chi connectivity index (χ4v) is 13.6. The van der Waals surface area contributed by atoms with Crippen molar-refractivity contribution in [1.82, 2.24) is 0 Å². The molecule has 0 bridgehead atoms. The highest BCUT2D eigenvalue weighted by molar-refractivity contribution is 5.63. The fraction of sp³-hybridized carbons (Fsp3) is 0.435. The molecule has 8 nitrogen and oxygen atoms in total. The van der Waals surface area contributed by atoms with Crippen molar-refractivity contribution in [2.45, 2.75) is 254 Å². The van der Waals surface area contributed by atoms with Gasteiger partial charge in [0.2, 0.25) is 0 Å². The standard InChI is InChI=1S/C22H30O2.3C21H28O2/c1-11-14(4)18(8)22(19(9)15(11)5)24-10-20-16(6)12(2)13(3)17(7)21(20)23;1-10-14(5)20(22)15(6)11(2)18(10)9-19-12(3)16(7)21(23)17(8)13(19)4;1-10-12(3)16(7)20(22)18(14(10)5)9-19-15(6)11(2)13(4)17(8)21(19)23;1-10-11(2)15(6)21(23)19(12(10)3)9-18-13(4)16(7)20(22)17(8)14(18)5/h23H,10H2,1-9H3;3*22-23H,9H2,1-8H3. The minimum Gasteiger partial charge on any atom is -0.507 e. The van der Waals surface area contributed by atoms with E-state index in [9.17, 15) is 35.7 Å². The van der Waals surface area contributed by atoms with Crippen LogP contribution in [0.1, 0.15) is 223 Å². The van der Waals surface area contributed by atoms with Gasteiger partial charge in [-0.1, -0.05) is 0 Å². The lowest BCUT2D eigenvalue weighted by Crippen LogP contribution is -2.07. The molecule has 93 heavy (non-hydrogen) atoms. The highest BCUT2D eigenvalue weighted by Gasteiger charge is 2.25. The Bertz CT molecular complexity index is 3480. The minimum atomic E-state index is 0.361. The van der Waals surface area contributed by atoms with Crippen LogP contribution in [0.25, 0.3) is 0 Å². The van der Waals surface area contributed by atoms with Gasteiger partial charge in [-0.25, -0.2) is 0 Å². The summed E-state index contributed by atoms with van der Waals surface area (Å²) in [6, 6.07) is 0. The first-order chi connectivity index (χ1) is 42.9. The van der Waals surface area contributed by atoms with E-state index in [1.54, 1.807) is 0 Å². The molecule has 8 heteroatoms. The van der Waals surface area contributed by atoms with E-state index in [1.165, 1.54) is 66.8 Å². The molecule has 0 fully saturated rings. The van der Waals surface area contributed by atoms with E-state index in [0.717, 1.165) is 168 Å². The third kappa shape index (κ3) is 14.0. The van der Waals surface area contributed by atoms with Gasteiger partial charge in [-0.05, 0) is 435 Å². The molecule has 0 atom stereocenters. The van der Waals surface area contributed by atoms with E-state index in [2.05, 4.69) is 145 Å². The lowest BCUT2D eigenvalue weighted by atomic mass is 9.84. The molecule has 0 saturated carbocycles. The monoisotopic (exact) mass is 1260 g/mol. The number of ether oxygens (including phenoxy) is 1. The molecule has 0 radical (unpaired) electrons. The molecule has 0 aliphatic heterocycles. The first-order valence-corrected chi connectivity index (χ1v) is 33.0. The molecule has 8 aromatic rings. The summed E-state index contributed by atoms with van der Waals surface area (Å²) in [4.78, 5) is 0. The van der Waals surface area contributed by atoms with Crippen LogP contribution in [0.3, 0.4) is 0 Å². The molecule has 0 heterocycles. The van der Waals surface area contributed by atoms with Crippen LogP contribution in [-0.2, 0) is 25.9 Å². The first kappa shape index (κ1) is 75.9. The zero-order chi connectivity index (χ0) is 71.2. The summed E-state index contributed by atoms with van der Waals surface area (Å²) in [5.74, 6) is 3.66. The maximum Gasteiger partial charge on any atom is 0.126 e. The normalized spacial score (nSPS) is 11.1. The second-order valence-corrected chi connectivity index (χ2v) is 27.6. The van der Waals surface area contributed by atoms with Crippen molar-refractivity contribution in [2.75, 3.05) is 0 Å². The van der Waals surface area contributed by atoms with Gasteiger partial charge in [0, 0.05) is 35.1 Å². The predicted octanol–water partition coefficient (Wildman–Crippen LogP) is 21.2.